The van der Waals surface area contributed by atoms with Gasteiger partial charge in [0.15, 0.2) is 0 Å². The number of hydrogen-bond donors (Lipinski definition) is 2. The second-order valence-corrected chi connectivity index (χ2v) is 4.67. The van der Waals surface area contributed by atoms with Gasteiger partial charge in [-0.25, -0.2) is 4.39 Å². The molecule has 3 N–H and O–H groups in total. The molecule has 0 saturated carbocycles. The summed E-state index contributed by atoms with van der Waals surface area (Å²) < 4.78 is 13.6. The number of rotatable bonds is 5. The minimum Gasteiger partial charge on any atom is -0.388 e. The van der Waals surface area contributed by atoms with Crippen molar-refractivity contribution in [2.24, 2.45) is 5.73 Å². The Morgan fingerprint density at radius 1 is 1.59 bits per heavy atom. The lowest BCUT2D eigenvalue weighted by Crippen LogP contribution is -2.32. The third kappa shape index (κ3) is 4.32. The van der Waals surface area contributed by atoms with E-state index in [0.717, 1.165) is 0 Å². The standard InChI is InChI=1S/C12H17ClFN3/c1-8(5-12(15)16)17(2)7-9-3-4-10(13)6-11(9)14/h3-4,6,8H,5,7H2,1-2H3,(H3,15,16). The lowest BCUT2D eigenvalue weighted by molar-refractivity contribution is 0.251. The molecule has 5 heteroatoms. The Kier molecular flexibility index (Phi) is 4.90. The molecule has 1 aromatic rings. The molecule has 1 unspecified atom stereocenters. The van der Waals surface area contributed by atoms with Crippen molar-refractivity contribution < 1.29 is 4.39 Å². The van der Waals surface area contributed by atoms with Crippen LogP contribution >= 0.6 is 11.6 Å². The maximum atomic E-state index is 13.6. The molecule has 94 valence electrons. The number of nitrogens with two attached hydrogens (primary N) is 1. The molecule has 0 radical (unpaired) electrons. The summed E-state index contributed by atoms with van der Waals surface area (Å²) in [6.45, 7) is 2.42. The van der Waals surface area contributed by atoms with E-state index < -0.39 is 0 Å². The Bertz CT molecular complexity index is 409. The van der Waals surface area contributed by atoms with Crippen LogP contribution < -0.4 is 5.73 Å². The molecular formula is C12H17ClFN3. The Morgan fingerprint density at radius 3 is 2.76 bits per heavy atom. The largest absolute Gasteiger partial charge is 0.388 e. The molecule has 1 rings (SSSR count). The molecule has 0 aliphatic heterocycles. The van der Waals surface area contributed by atoms with Crippen molar-refractivity contribution in [3.8, 4) is 0 Å². The SMILES string of the molecule is CC(CC(=N)N)N(C)Cc1ccc(Cl)cc1F. The van der Waals surface area contributed by atoms with E-state index in [4.69, 9.17) is 22.7 Å². The van der Waals surface area contributed by atoms with Crippen LogP contribution in [0.3, 0.4) is 0 Å². The van der Waals surface area contributed by atoms with E-state index in [1.165, 1.54) is 6.07 Å². The van der Waals surface area contributed by atoms with Gasteiger partial charge in [-0.3, -0.25) is 10.3 Å². The highest BCUT2D eigenvalue weighted by Gasteiger charge is 2.13. The highest BCUT2D eigenvalue weighted by atomic mass is 35.5. The first-order chi connectivity index (χ1) is 7.90. The topological polar surface area (TPSA) is 53.1 Å². The second-order valence-electron chi connectivity index (χ2n) is 4.23. The minimum absolute atomic E-state index is 0.0996. The fourth-order valence-electron chi connectivity index (χ4n) is 1.55. The first kappa shape index (κ1) is 13.9. The summed E-state index contributed by atoms with van der Waals surface area (Å²) in [5, 5.41) is 7.62. The van der Waals surface area contributed by atoms with Gasteiger partial charge in [0.05, 0.1) is 5.84 Å². The summed E-state index contributed by atoms with van der Waals surface area (Å²) >= 11 is 5.69. The molecule has 0 spiro atoms. The smallest absolute Gasteiger partial charge is 0.129 e. The van der Waals surface area contributed by atoms with Gasteiger partial charge in [-0.15, -0.1) is 0 Å². The van der Waals surface area contributed by atoms with Crippen molar-refractivity contribution in [3.63, 3.8) is 0 Å². The zero-order valence-corrected chi connectivity index (χ0v) is 10.8. The first-order valence-electron chi connectivity index (χ1n) is 5.37. The minimum atomic E-state index is -0.306. The van der Waals surface area contributed by atoms with E-state index in [0.29, 0.717) is 23.6 Å². The van der Waals surface area contributed by atoms with Crippen molar-refractivity contribution in [2.75, 3.05) is 7.05 Å². The van der Waals surface area contributed by atoms with E-state index in [-0.39, 0.29) is 17.7 Å². The normalized spacial score (nSPS) is 12.8. The quantitative estimate of drug-likeness (QED) is 0.629. The number of benzene rings is 1. The first-order valence-corrected chi connectivity index (χ1v) is 5.75. The number of halogens is 2. The molecule has 0 saturated heterocycles. The number of hydrogen-bond acceptors (Lipinski definition) is 2. The monoisotopic (exact) mass is 257 g/mol. The summed E-state index contributed by atoms with van der Waals surface area (Å²) in [5.74, 6) is -0.166. The number of nitrogens with one attached hydrogen (secondary N) is 1. The van der Waals surface area contributed by atoms with Crippen LogP contribution in [0.15, 0.2) is 18.2 Å². The van der Waals surface area contributed by atoms with E-state index >= 15 is 0 Å². The highest BCUT2D eigenvalue weighted by molar-refractivity contribution is 6.30. The zero-order chi connectivity index (χ0) is 13.0. The van der Waals surface area contributed by atoms with Crippen molar-refractivity contribution >= 4 is 17.4 Å². The number of nitrogens with zero attached hydrogens (tertiary/aromatic N) is 1. The average molecular weight is 258 g/mol. The van der Waals surface area contributed by atoms with E-state index in [1.807, 2.05) is 18.9 Å². The maximum Gasteiger partial charge on any atom is 0.129 e. The summed E-state index contributed by atoms with van der Waals surface area (Å²) in [4.78, 5) is 1.95. The average Bonchev–Trinajstić information content (AvgIpc) is 2.21. The van der Waals surface area contributed by atoms with Crippen LogP contribution in [0.1, 0.15) is 18.9 Å². The predicted octanol–water partition coefficient (Wildman–Crippen LogP) is 2.63. The van der Waals surface area contributed by atoms with E-state index in [1.54, 1.807) is 12.1 Å². The molecule has 3 nitrogen and oxygen atoms in total. The third-order valence-electron chi connectivity index (χ3n) is 2.70. The van der Waals surface area contributed by atoms with Crippen LogP contribution in [0.2, 0.25) is 5.02 Å². The fraction of sp³-hybridized carbons (Fsp3) is 0.417. The van der Waals surface area contributed by atoms with Gasteiger partial charge < -0.3 is 5.73 Å². The van der Waals surface area contributed by atoms with Crippen molar-refractivity contribution in [3.05, 3.63) is 34.6 Å². The Labute approximate surface area is 106 Å². The third-order valence-corrected chi connectivity index (χ3v) is 2.94. The summed E-state index contributed by atoms with van der Waals surface area (Å²) in [6.07, 6.45) is 0.478. The second kappa shape index (κ2) is 5.98. The molecule has 0 aromatic heterocycles. The molecule has 0 aliphatic rings. The Morgan fingerprint density at radius 2 is 2.24 bits per heavy atom. The van der Waals surface area contributed by atoms with Crippen LogP contribution in [0.4, 0.5) is 4.39 Å². The molecular weight excluding hydrogens is 241 g/mol. The number of amidine groups is 1. The maximum absolute atomic E-state index is 13.6. The van der Waals surface area contributed by atoms with Crippen molar-refractivity contribution in [1.29, 1.82) is 5.41 Å². The van der Waals surface area contributed by atoms with Gasteiger partial charge in [-0.2, -0.15) is 0 Å². The lowest BCUT2D eigenvalue weighted by Gasteiger charge is -2.24. The Hall–Kier alpha value is -1.13. The van der Waals surface area contributed by atoms with Crippen LogP contribution in [0, 0.1) is 11.2 Å². The Balaban J connectivity index is 2.67. The van der Waals surface area contributed by atoms with E-state index in [9.17, 15) is 4.39 Å². The van der Waals surface area contributed by atoms with E-state index in [2.05, 4.69) is 0 Å². The van der Waals surface area contributed by atoms with Crippen LogP contribution in [-0.2, 0) is 6.54 Å². The predicted molar refractivity (Wildman–Crippen MR) is 68.9 cm³/mol. The van der Waals surface area contributed by atoms with Gasteiger partial charge in [0.25, 0.3) is 0 Å². The molecule has 0 amide bonds. The summed E-state index contributed by atoms with van der Waals surface area (Å²) in [5.41, 5.74) is 5.93. The van der Waals surface area contributed by atoms with Crippen LogP contribution in [-0.4, -0.2) is 23.8 Å². The lowest BCUT2D eigenvalue weighted by atomic mass is 10.1. The molecule has 0 aliphatic carbocycles. The molecule has 1 atom stereocenters. The molecule has 1 aromatic carbocycles. The van der Waals surface area contributed by atoms with Gasteiger partial charge in [0.1, 0.15) is 5.82 Å². The summed E-state index contributed by atoms with van der Waals surface area (Å²) in [6, 6.07) is 4.75. The van der Waals surface area contributed by atoms with Gasteiger partial charge >= 0.3 is 0 Å². The van der Waals surface area contributed by atoms with Gasteiger partial charge in [0.2, 0.25) is 0 Å². The molecule has 0 fully saturated rings. The van der Waals surface area contributed by atoms with Crippen LogP contribution in [0.25, 0.3) is 0 Å². The van der Waals surface area contributed by atoms with Gasteiger partial charge in [-0.1, -0.05) is 17.7 Å². The highest BCUT2D eigenvalue weighted by Crippen LogP contribution is 2.17. The van der Waals surface area contributed by atoms with Gasteiger partial charge in [-0.05, 0) is 26.1 Å². The molecule has 17 heavy (non-hydrogen) atoms. The fourth-order valence-corrected chi connectivity index (χ4v) is 1.71. The molecule has 0 heterocycles. The van der Waals surface area contributed by atoms with Crippen LogP contribution in [0.5, 0.6) is 0 Å². The van der Waals surface area contributed by atoms with Gasteiger partial charge in [0, 0.05) is 29.6 Å². The zero-order valence-electron chi connectivity index (χ0n) is 10.0. The molecule has 0 bridgehead atoms. The van der Waals surface area contributed by atoms with Crippen molar-refractivity contribution in [2.45, 2.75) is 25.9 Å². The van der Waals surface area contributed by atoms with Crippen molar-refractivity contribution in [1.82, 2.24) is 4.90 Å². The summed E-state index contributed by atoms with van der Waals surface area (Å²) in [7, 11) is 1.88.